The normalized spacial score (nSPS) is 11.6. The van der Waals surface area contributed by atoms with Gasteiger partial charge in [-0.25, -0.2) is 4.39 Å². The number of halogens is 4. The van der Waals surface area contributed by atoms with Crippen molar-refractivity contribution >= 4 is 10.8 Å². The smallest absolute Gasteiger partial charge is 0.494 e. The fourth-order valence-electron chi connectivity index (χ4n) is 4.49. The van der Waals surface area contributed by atoms with Gasteiger partial charge in [-0.05, 0) is 77.2 Å². The Morgan fingerprint density at radius 1 is 0.684 bits per heavy atom. The molecular weight excluding hydrogens is 492 g/mol. The number of unbranched alkanes of at least 4 members (excludes halogenated alkanes) is 4. The van der Waals surface area contributed by atoms with E-state index in [-0.39, 0.29) is 11.6 Å². The van der Waals surface area contributed by atoms with E-state index >= 15 is 4.39 Å². The Morgan fingerprint density at radius 3 is 2.08 bits per heavy atom. The lowest BCUT2D eigenvalue weighted by molar-refractivity contribution is -0.274. The summed E-state index contributed by atoms with van der Waals surface area (Å²) in [6.07, 6.45) is 2.21. The van der Waals surface area contributed by atoms with Gasteiger partial charge in [0.25, 0.3) is 0 Å². The van der Waals surface area contributed by atoms with E-state index in [4.69, 9.17) is 4.74 Å². The third-order valence-corrected chi connectivity index (χ3v) is 6.58. The molecule has 0 fully saturated rings. The van der Waals surface area contributed by atoms with Gasteiger partial charge in [0.2, 0.25) is 0 Å². The molecule has 0 aliphatic carbocycles. The number of ether oxygens (including phenoxy) is 2. The Labute approximate surface area is 221 Å². The second kappa shape index (κ2) is 12.8. The Morgan fingerprint density at radius 2 is 1.37 bits per heavy atom. The summed E-state index contributed by atoms with van der Waals surface area (Å²) in [6.45, 7) is 2.93. The minimum atomic E-state index is -4.72. The van der Waals surface area contributed by atoms with E-state index in [2.05, 4.69) is 11.7 Å². The number of benzene rings is 4. The Balaban J connectivity index is 1.37. The van der Waals surface area contributed by atoms with Crippen molar-refractivity contribution in [3.63, 3.8) is 0 Å². The van der Waals surface area contributed by atoms with Crippen molar-refractivity contribution in [2.75, 3.05) is 6.61 Å². The Bertz CT molecular complexity index is 1310. The van der Waals surface area contributed by atoms with Crippen molar-refractivity contribution in [2.45, 2.75) is 58.2 Å². The van der Waals surface area contributed by atoms with E-state index in [1.807, 2.05) is 42.5 Å². The highest BCUT2D eigenvalue weighted by Crippen LogP contribution is 2.29. The van der Waals surface area contributed by atoms with Crippen LogP contribution in [0.4, 0.5) is 17.6 Å². The largest absolute Gasteiger partial charge is 0.573 e. The van der Waals surface area contributed by atoms with Gasteiger partial charge in [0, 0.05) is 5.39 Å². The molecule has 200 valence electrons. The number of aryl methyl sites for hydroxylation is 2. The zero-order valence-corrected chi connectivity index (χ0v) is 21.5. The molecule has 0 spiro atoms. The third kappa shape index (κ3) is 7.73. The maximum Gasteiger partial charge on any atom is 0.573 e. The molecule has 4 aromatic rings. The van der Waals surface area contributed by atoms with E-state index < -0.39 is 6.36 Å². The first-order valence-corrected chi connectivity index (χ1v) is 13.1. The molecule has 4 aromatic carbocycles. The van der Waals surface area contributed by atoms with E-state index in [1.54, 1.807) is 24.3 Å². The molecule has 0 aliphatic heterocycles. The molecule has 0 radical (unpaired) electrons. The minimum Gasteiger partial charge on any atom is -0.494 e. The molecule has 0 unspecified atom stereocenters. The summed E-state index contributed by atoms with van der Waals surface area (Å²) in [5.41, 5.74) is 3.40. The molecule has 38 heavy (non-hydrogen) atoms. The molecule has 6 heteroatoms. The van der Waals surface area contributed by atoms with Crippen LogP contribution in [0.25, 0.3) is 21.9 Å². The predicted molar refractivity (Wildman–Crippen MR) is 144 cm³/mol. The first-order valence-electron chi connectivity index (χ1n) is 13.1. The highest BCUT2D eigenvalue weighted by molar-refractivity contribution is 5.88. The van der Waals surface area contributed by atoms with Crippen LogP contribution in [0.1, 0.15) is 50.2 Å². The van der Waals surface area contributed by atoms with Crippen molar-refractivity contribution in [3.8, 4) is 22.6 Å². The Kier molecular flexibility index (Phi) is 9.27. The lowest BCUT2D eigenvalue weighted by Gasteiger charge is -2.11. The molecule has 0 bridgehead atoms. The first-order chi connectivity index (χ1) is 18.3. The fourth-order valence-corrected chi connectivity index (χ4v) is 4.49. The van der Waals surface area contributed by atoms with Gasteiger partial charge in [0.1, 0.15) is 17.3 Å². The van der Waals surface area contributed by atoms with Crippen molar-refractivity contribution < 1.29 is 27.0 Å². The summed E-state index contributed by atoms with van der Waals surface area (Å²) in [4.78, 5) is 0. The predicted octanol–water partition coefficient (Wildman–Crippen LogP) is 9.68. The molecule has 0 aliphatic rings. The van der Waals surface area contributed by atoms with Crippen LogP contribution in [0.2, 0.25) is 0 Å². The summed E-state index contributed by atoms with van der Waals surface area (Å²) in [6, 6.07) is 23.0. The molecule has 0 amide bonds. The number of hydrogen-bond acceptors (Lipinski definition) is 2. The monoisotopic (exact) mass is 524 g/mol. The quantitative estimate of drug-likeness (QED) is 0.136. The summed E-state index contributed by atoms with van der Waals surface area (Å²) in [5.74, 6) is 0.311. The van der Waals surface area contributed by atoms with Gasteiger partial charge < -0.3 is 9.47 Å². The molecule has 0 heterocycles. The summed E-state index contributed by atoms with van der Waals surface area (Å²) < 4.78 is 62.0. The van der Waals surface area contributed by atoms with Crippen LogP contribution in [0.15, 0.2) is 78.9 Å². The molecule has 0 atom stereocenters. The minimum absolute atomic E-state index is 0.270. The van der Waals surface area contributed by atoms with Gasteiger partial charge in [0.15, 0.2) is 0 Å². The second-order valence-corrected chi connectivity index (χ2v) is 9.45. The van der Waals surface area contributed by atoms with Gasteiger partial charge in [-0.1, -0.05) is 81.1 Å². The molecule has 0 saturated heterocycles. The zero-order chi connectivity index (χ0) is 27.0. The van der Waals surface area contributed by atoms with Crippen molar-refractivity contribution in [3.05, 3.63) is 95.8 Å². The van der Waals surface area contributed by atoms with Crippen LogP contribution in [-0.2, 0) is 12.8 Å². The van der Waals surface area contributed by atoms with Crippen LogP contribution in [0.5, 0.6) is 11.5 Å². The second-order valence-electron chi connectivity index (χ2n) is 9.45. The average molecular weight is 525 g/mol. The lowest BCUT2D eigenvalue weighted by atomic mass is 9.97. The number of hydrogen-bond donors (Lipinski definition) is 0. The molecular formula is C32H32F4O2. The summed E-state index contributed by atoms with van der Waals surface area (Å²) in [7, 11) is 0. The first kappa shape index (κ1) is 27.5. The van der Waals surface area contributed by atoms with Crippen LogP contribution < -0.4 is 9.47 Å². The van der Waals surface area contributed by atoms with Gasteiger partial charge >= 0.3 is 6.36 Å². The summed E-state index contributed by atoms with van der Waals surface area (Å²) >= 11 is 0. The highest BCUT2D eigenvalue weighted by atomic mass is 19.4. The summed E-state index contributed by atoms with van der Waals surface area (Å²) in [5, 5.41) is 1.35. The van der Waals surface area contributed by atoms with Crippen LogP contribution in [0.3, 0.4) is 0 Å². The zero-order valence-electron chi connectivity index (χ0n) is 21.5. The van der Waals surface area contributed by atoms with Crippen molar-refractivity contribution in [2.24, 2.45) is 0 Å². The standard InChI is InChI=1S/C32H32F4O2/c1-2-3-4-5-6-21-37-28-18-13-24(14-19-28)26-15-20-30-27(22-26)12-11-25(31(30)33)10-7-23-8-16-29(17-9-23)38-32(34,35)36/h8-9,11-20,22H,2-7,10,21H2,1H3. The Hall–Kier alpha value is -3.54. The molecule has 0 aromatic heterocycles. The van der Waals surface area contributed by atoms with E-state index in [0.29, 0.717) is 23.8 Å². The molecule has 2 nitrogen and oxygen atoms in total. The molecule has 0 N–H and O–H groups in total. The van der Waals surface area contributed by atoms with E-state index in [0.717, 1.165) is 40.9 Å². The van der Waals surface area contributed by atoms with Crippen LogP contribution in [0, 0.1) is 5.82 Å². The van der Waals surface area contributed by atoms with E-state index in [9.17, 15) is 13.2 Å². The van der Waals surface area contributed by atoms with Crippen LogP contribution >= 0.6 is 0 Å². The van der Waals surface area contributed by atoms with Gasteiger partial charge in [-0.15, -0.1) is 13.2 Å². The SMILES string of the molecule is CCCCCCCOc1ccc(-c2ccc3c(F)c(CCc4ccc(OC(F)(F)F)cc4)ccc3c2)cc1. The molecule has 4 rings (SSSR count). The maximum absolute atomic E-state index is 15.3. The lowest BCUT2D eigenvalue weighted by Crippen LogP contribution is -2.17. The topological polar surface area (TPSA) is 18.5 Å². The van der Waals surface area contributed by atoms with Gasteiger partial charge in [-0.3, -0.25) is 0 Å². The fraction of sp³-hybridized carbons (Fsp3) is 0.312. The van der Waals surface area contributed by atoms with Crippen molar-refractivity contribution in [1.82, 2.24) is 0 Å². The third-order valence-electron chi connectivity index (χ3n) is 6.58. The number of fused-ring (bicyclic) bond motifs is 1. The molecule has 0 saturated carbocycles. The number of alkyl halides is 3. The maximum atomic E-state index is 15.3. The van der Waals surface area contributed by atoms with Crippen molar-refractivity contribution in [1.29, 1.82) is 0 Å². The van der Waals surface area contributed by atoms with Crippen LogP contribution in [-0.4, -0.2) is 13.0 Å². The number of rotatable bonds is 12. The highest BCUT2D eigenvalue weighted by Gasteiger charge is 2.30. The van der Waals surface area contributed by atoms with Gasteiger partial charge in [0.05, 0.1) is 6.61 Å². The average Bonchev–Trinajstić information content (AvgIpc) is 2.90. The van der Waals surface area contributed by atoms with E-state index in [1.165, 1.54) is 37.8 Å². The van der Waals surface area contributed by atoms with Gasteiger partial charge in [-0.2, -0.15) is 0 Å².